The maximum atomic E-state index is 6.23. The van der Waals surface area contributed by atoms with Crippen LogP contribution in [0.3, 0.4) is 0 Å². The van der Waals surface area contributed by atoms with Gasteiger partial charge in [0, 0.05) is 24.3 Å². The van der Waals surface area contributed by atoms with Crippen LogP contribution in [0.1, 0.15) is 22.3 Å². The summed E-state index contributed by atoms with van der Waals surface area (Å²) in [4.78, 5) is 5.28. The van der Waals surface area contributed by atoms with Crippen LogP contribution < -0.4 is 11.3 Å². The molecule has 6 heteroatoms. The maximum absolute atomic E-state index is 6.23. The smallest absolute Gasteiger partial charge is 0.132 e. The van der Waals surface area contributed by atoms with E-state index in [0.29, 0.717) is 0 Å². The molecule has 2 aromatic heterocycles. The summed E-state index contributed by atoms with van der Waals surface area (Å²) >= 11 is 7.82. The largest absolute Gasteiger partial charge is 0.336 e. The van der Waals surface area contributed by atoms with Gasteiger partial charge in [-0.1, -0.05) is 11.6 Å². The van der Waals surface area contributed by atoms with Crippen LogP contribution in [0.4, 0.5) is 0 Å². The van der Waals surface area contributed by atoms with Gasteiger partial charge in [0.05, 0.1) is 5.02 Å². The topological polar surface area (TPSA) is 55.9 Å². The number of thiophene rings is 1. The molecule has 4 nitrogen and oxygen atoms in total. The van der Waals surface area contributed by atoms with Gasteiger partial charge < -0.3 is 4.57 Å². The van der Waals surface area contributed by atoms with Crippen molar-refractivity contribution < 1.29 is 0 Å². The number of nitrogens with one attached hydrogen (secondary N) is 1. The molecule has 2 aromatic rings. The highest BCUT2D eigenvalue weighted by molar-refractivity contribution is 7.10. The first kappa shape index (κ1) is 11.6. The number of halogens is 1. The molecule has 0 spiro atoms. The molecule has 0 radical (unpaired) electrons. The molecule has 1 atom stereocenters. The number of hydrazine groups is 1. The van der Waals surface area contributed by atoms with E-state index < -0.39 is 0 Å². The van der Waals surface area contributed by atoms with Gasteiger partial charge in [-0.25, -0.2) is 10.4 Å². The van der Waals surface area contributed by atoms with Crippen LogP contribution in [-0.4, -0.2) is 9.55 Å². The fourth-order valence-corrected chi connectivity index (χ4v) is 2.92. The maximum Gasteiger partial charge on any atom is 0.132 e. The van der Waals surface area contributed by atoms with E-state index in [-0.39, 0.29) is 6.04 Å². The Hall–Kier alpha value is -0.880. The van der Waals surface area contributed by atoms with E-state index in [1.807, 2.05) is 30.1 Å². The predicted molar refractivity (Wildman–Crippen MR) is 66.4 cm³/mol. The molecule has 3 N–H and O–H groups in total. The van der Waals surface area contributed by atoms with Crippen LogP contribution in [0.15, 0.2) is 17.8 Å². The number of nitrogens with two attached hydrogens (primary N) is 1. The van der Waals surface area contributed by atoms with Crippen molar-refractivity contribution in [3.63, 3.8) is 0 Å². The molecule has 0 aliphatic carbocycles. The zero-order chi connectivity index (χ0) is 11.7. The van der Waals surface area contributed by atoms with E-state index in [1.54, 1.807) is 17.5 Å². The van der Waals surface area contributed by atoms with Gasteiger partial charge in [-0.15, -0.1) is 11.3 Å². The number of imidazole rings is 1. The molecule has 1 unspecified atom stereocenters. The fourth-order valence-electron chi connectivity index (χ4n) is 1.57. The van der Waals surface area contributed by atoms with Gasteiger partial charge >= 0.3 is 0 Å². The first-order valence-electron chi connectivity index (χ1n) is 4.82. The Kier molecular flexibility index (Phi) is 3.30. The average molecular weight is 257 g/mol. The number of hydrogen-bond donors (Lipinski definition) is 2. The number of rotatable bonds is 3. The third kappa shape index (κ3) is 1.87. The number of hydrogen-bond acceptors (Lipinski definition) is 4. The Bertz CT molecular complexity index is 491. The minimum atomic E-state index is -0.161. The monoisotopic (exact) mass is 256 g/mol. The molecule has 0 amide bonds. The summed E-state index contributed by atoms with van der Waals surface area (Å²) in [5, 5.41) is 2.78. The van der Waals surface area contributed by atoms with Gasteiger partial charge in [-0.2, -0.15) is 0 Å². The molecule has 0 fully saturated rings. The van der Waals surface area contributed by atoms with Gasteiger partial charge in [0.15, 0.2) is 0 Å². The second kappa shape index (κ2) is 4.55. The summed E-state index contributed by atoms with van der Waals surface area (Å²) in [6, 6.07) is -0.161. The van der Waals surface area contributed by atoms with Gasteiger partial charge in [0.1, 0.15) is 11.9 Å². The lowest BCUT2D eigenvalue weighted by atomic mass is 10.2. The second-order valence-electron chi connectivity index (χ2n) is 3.59. The van der Waals surface area contributed by atoms with Gasteiger partial charge in [-0.05, 0) is 17.9 Å². The molecule has 2 rings (SSSR count). The van der Waals surface area contributed by atoms with E-state index in [4.69, 9.17) is 17.4 Å². The predicted octanol–water partition coefficient (Wildman–Crippen LogP) is 2.00. The van der Waals surface area contributed by atoms with Crippen molar-refractivity contribution >= 4 is 22.9 Å². The average Bonchev–Trinajstić information content (AvgIpc) is 2.81. The Balaban J connectivity index is 2.45. The highest BCUT2D eigenvalue weighted by Crippen LogP contribution is 2.34. The van der Waals surface area contributed by atoms with Crippen molar-refractivity contribution in [2.24, 2.45) is 12.9 Å². The lowest BCUT2D eigenvalue weighted by molar-refractivity contribution is 0.588. The van der Waals surface area contributed by atoms with Crippen molar-refractivity contribution in [3.05, 3.63) is 39.1 Å². The van der Waals surface area contributed by atoms with E-state index in [2.05, 4.69) is 10.4 Å². The first-order valence-corrected chi connectivity index (χ1v) is 6.07. The van der Waals surface area contributed by atoms with E-state index in [1.165, 1.54) is 0 Å². The van der Waals surface area contributed by atoms with Crippen LogP contribution in [0.25, 0.3) is 0 Å². The molecule has 2 heterocycles. The molecule has 86 valence electrons. The minimum Gasteiger partial charge on any atom is -0.336 e. The lowest BCUT2D eigenvalue weighted by Gasteiger charge is -2.14. The van der Waals surface area contributed by atoms with Gasteiger partial charge in [0.2, 0.25) is 0 Å². The SMILES string of the molecule is Cc1csc(C(NN)c2nccn2C)c1Cl. The van der Waals surface area contributed by atoms with Crippen LogP contribution in [0, 0.1) is 6.92 Å². The summed E-state index contributed by atoms with van der Waals surface area (Å²) < 4.78 is 1.93. The van der Waals surface area contributed by atoms with Crippen LogP contribution in [-0.2, 0) is 7.05 Å². The molecular formula is C10H13ClN4S. The van der Waals surface area contributed by atoms with E-state index in [0.717, 1.165) is 21.3 Å². The molecule has 0 bridgehead atoms. The summed E-state index contributed by atoms with van der Waals surface area (Å²) in [6.07, 6.45) is 3.63. The molecule has 0 aromatic carbocycles. The van der Waals surface area contributed by atoms with Crippen molar-refractivity contribution in [1.29, 1.82) is 0 Å². The fraction of sp³-hybridized carbons (Fsp3) is 0.300. The van der Waals surface area contributed by atoms with Crippen molar-refractivity contribution in [1.82, 2.24) is 15.0 Å². The third-order valence-electron chi connectivity index (χ3n) is 2.47. The molecule has 0 aliphatic heterocycles. The van der Waals surface area contributed by atoms with E-state index in [9.17, 15) is 0 Å². The van der Waals surface area contributed by atoms with Crippen LogP contribution in [0.5, 0.6) is 0 Å². The molecule has 0 aliphatic rings. The molecule has 0 saturated heterocycles. The van der Waals surface area contributed by atoms with Gasteiger partial charge in [-0.3, -0.25) is 5.84 Å². The zero-order valence-corrected chi connectivity index (χ0v) is 10.6. The van der Waals surface area contributed by atoms with Crippen molar-refractivity contribution in [2.75, 3.05) is 0 Å². The summed E-state index contributed by atoms with van der Waals surface area (Å²) in [7, 11) is 1.93. The Morgan fingerprint density at radius 3 is 2.81 bits per heavy atom. The number of nitrogens with zero attached hydrogens (tertiary/aromatic N) is 2. The first-order chi connectivity index (χ1) is 7.65. The quantitative estimate of drug-likeness (QED) is 0.652. The van der Waals surface area contributed by atoms with Crippen LogP contribution in [0.2, 0.25) is 5.02 Å². The highest BCUT2D eigenvalue weighted by atomic mass is 35.5. The molecule has 16 heavy (non-hydrogen) atoms. The Labute approximate surface area is 103 Å². The summed E-state index contributed by atoms with van der Waals surface area (Å²) in [6.45, 7) is 1.98. The zero-order valence-electron chi connectivity index (χ0n) is 9.07. The molecular weight excluding hydrogens is 244 g/mol. The van der Waals surface area contributed by atoms with Crippen molar-refractivity contribution in [2.45, 2.75) is 13.0 Å². The Morgan fingerprint density at radius 1 is 1.62 bits per heavy atom. The minimum absolute atomic E-state index is 0.161. The Morgan fingerprint density at radius 2 is 2.38 bits per heavy atom. The number of aryl methyl sites for hydroxylation is 2. The van der Waals surface area contributed by atoms with Crippen LogP contribution >= 0.6 is 22.9 Å². The van der Waals surface area contributed by atoms with Crippen molar-refractivity contribution in [3.8, 4) is 0 Å². The number of aromatic nitrogens is 2. The second-order valence-corrected chi connectivity index (χ2v) is 4.88. The van der Waals surface area contributed by atoms with E-state index >= 15 is 0 Å². The summed E-state index contributed by atoms with van der Waals surface area (Å²) in [5.41, 5.74) is 3.82. The highest BCUT2D eigenvalue weighted by Gasteiger charge is 2.21. The standard InChI is InChI=1S/C10H13ClN4S/c1-6-5-16-9(7(6)11)8(14-12)10-13-3-4-15(10)2/h3-5,8,14H,12H2,1-2H3. The summed E-state index contributed by atoms with van der Waals surface area (Å²) in [5.74, 6) is 6.44. The lowest BCUT2D eigenvalue weighted by Crippen LogP contribution is -2.30. The molecule has 0 saturated carbocycles. The normalized spacial score (nSPS) is 13.0. The van der Waals surface area contributed by atoms with Gasteiger partial charge in [0.25, 0.3) is 0 Å². The third-order valence-corrected chi connectivity index (χ3v) is 4.25.